The zero-order valence-corrected chi connectivity index (χ0v) is 13.5. The largest absolute Gasteiger partial charge is 0.449 e. The molecule has 118 valence electrons. The minimum atomic E-state index is -0.337. The average Bonchev–Trinajstić information content (AvgIpc) is 2.96. The van der Waals surface area contributed by atoms with Crippen LogP contribution in [0.25, 0.3) is 11.1 Å². The Morgan fingerprint density at radius 1 is 0.833 bits per heavy atom. The molecule has 0 aromatic heterocycles. The number of esters is 1. The van der Waals surface area contributed by atoms with Crippen LogP contribution in [0.3, 0.4) is 0 Å². The molecule has 0 fully saturated rings. The molecule has 0 atom stereocenters. The van der Waals surface area contributed by atoms with Gasteiger partial charge in [0.15, 0.2) is 6.10 Å². The Bertz CT molecular complexity index is 848. The minimum Gasteiger partial charge on any atom is -0.449 e. The lowest BCUT2D eigenvalue weighted by Gasteiger charge is -2.15. The number of ether oxygens (including phenoxy) is 1. The molecule has 0 aliphatic heterocycles. The van der Waals surface area contributed by atoms with E-state index in [1.54, 1.807) is 0 Å². The van der Waals surface area contributed by atoms with Gasteiger partial charge in [0.1, 0.15) is 0 Å². The number of rotatable bonds is 3. The number of fused-ring (bicyclic) bond motifs is 3. The normalized spacial score (nSPS) is 12.5. The number of benzene rings is 3. The van der Waals surface area contributed by atoms with E-state index in [0.29, 0.717) is 5.56 Å². The van der Waals surface area contributed by atoms with Crippen molar-refractivity contribution in [3.63, 3.8) is 0 Å². The molecule has 24 heavy (non-hydrogen) atoms. The van der Waals surface area contributed by atoms with Crippen LogP contribution < -0.4 is 0 Å². The van der Waals surface area contributed by atoms with Crippen molar-refractivity contribution in [3.8, 4) is 11.1 Å². The van der Waals surface area contributed by atoms with Crippen molar-refractivity contribution in [2.75, 3.05) is 0 Å². The molecule has 0 spiro atoms. The Hall–Kier alpha value is -2.87. The van der Waals surface area contributed by atoms with Gasteiger partial charge in [-0.3, -0.25) is 0 Å². The van der Waals surface area contributed by atoms with Crippen LogP contribution in [0.5, 0.6) is 0 Å². The fourth-order valence-electron chi connectivity index (χ4n) is 3.29. The number of aryl methyl sites for hydroxylation is 1. The van der Waals surface area contributed by atoms with Crippen molar-refractivity contribution in [3.05, 3.63) is 95.1 Å². The lowest BCUT2D eigenvalue weighted by atomic mass is 10.1. The summed E-state index contributed by atoms with van der Waals surface area (Å²) < 4.78 is 5.88. The van der Waals surface area contributed by atoms with Crippen LogP contribution in [0.1, 0.15) is 40.1 Å². The van der Waals surface area contributed by atoms with Crippen LogP contribution >= 0.6 is 0 Å². The maximum atomic E-state index is 12.6. The zero-order chi connectivity index (χ0) is 16.5. The molecule has 0 radical (unpaired) electrons. The molecule has 0 N–H and O–H groups in total. The molecule has 0 bridgehead atoms. The molecule has 1 aliphatic carbocycles. The van der Waals surface area contributed by atoms with Crippen molar-refractivity contribution in [2.45, 2.75) is 19.4 Å². The highest BCUT2D eigenvalue weighted by molar-refractivity contribution is 5.90. The molecule has 3 aromatic rings. The van der Waals surface area contributed by atoms with E-state index < -0.39 is 0 Å². The monoisotopic (exact) mass is 314 g/mol. The van der Waals surface area contributed by atoms with E-state index in [4.69, 9.17) is 4.74 Å². The van der Waals surface area contributed by atoms with Crippen LogP contribution in [-0.4, -0.2) is 5.97 Å². The first kappa shape index (κ1) is 14.7. The van der Waals surface area contributed by atoms with E-state index >= 15 is 0 Å². The van der Waals surface area contributed by atoms with Crippen molar-refractivity contribution in [1.82, 2.24) is 0 Å². The maximum absolute atomic E-state index is 12.6. The summed E-state index contributed by atoms with van der Waals surface area (Å²) in [6.07, 6.45) is 0.620. The number of carbonyl (C=O) groups excluding carboxylic acids is 1. The third kappa shape index (κ3) is 2.41. The van der Waals surface area contributed by atoms with E-state index in [1.165, 1.54) is 5.56 Å². The van der Waals surface area contributed by atoms with Crippen LogP contribution in [0.4, 0.5) is 0 Å². The summed E-state index contributed by atoms with van der Waals surface area (Å²) in [6.45, 7) is 2.10. The third-order valence-corrected chi connectivity index (χ3v) is 4.60. The van der Waals surface area contributed by atoms with E-state index in [1.807, 2.05) is 60.7 Å². The van der Waals surface area contributed by atoms with Crippen molar-refractivity contribution in [2.24, 2.45) is 0 Å². The van der Waals surface area contributed by atoms with Crippen molar-refractivity contribution < 1.29 is 9.53 Å². The fraction of sp³-hybridized carbons (Fsp3) is 0.136. The summed E-state index contributed by atoms with van der Waals surface area (Å²) in [7, 11) is 0. The molecule has 0 heterocycles. The summed E-state index contributed by atoms with van der Waals surface area (Å²) in [5.74, 6) is -0.283. The number of carbonyl (C=O) groups is 1. The smallest absolute Gasteiger partial charge is 0.339 e. The molecule has 0 amide bonds. The highest BCUT2D eigenvalue weighted by Gasteiger charge is 2.31. The van der Waals surface area contributed by atoms with Gasteiger partial charge in [-0.1, -0.05) is 67.6 Å². The Labute approximate surface area is 141 Å². The van der Waals surface area contributed by atoms with Gasteiger partial charge in [0.2, 0.25) is 0 Å². The van der Waals surface area contributed by atoms with Gasteiger partial charge in [0.05, 0.1) is 5.56 Å². The van der Waals surface area contributed by atoms with E-state index in [0.717, 1.165) is 28.7 Å². The molecule has 2 heteroatoms. The lowest BCUT2D eigenvalue weighted by Crippen LogP contribution is -2.11. The summed E-state index contributed by atoms with van der Waals surface area (Å²) in [5.41, 5.74) is 6.20. The first-order chi connectivity index (χ1) is 11.8. The second-order valence-corrected chi connectivity index (χ2v) is 6.01. The maximum Gasteiger partial charge on any atom is 0.339 e. The summed E-state index contributed by atoms with van der Waals surface area (Å²) >= 11 is 0. The van der Waals surface area contributed by atoms with Crippen molar-refractivity contribution >= 4 is 5.97 Å². The van der Waals surface area contributed by atoms with Gasteiger partial charge in [0, 0.05) is 11.1 Å². The summed E-state index contributed by atoms with van der Waals surface area (Å²) in [6, 6.07) is 23.9. The predicted octanol–water partition coefficient (Wildman–Crippen LogP) is 5.18. The van der Waals surface area contributed by atoms with Gasteiger partial charge in [-0.25, -0.2) is 4.79 Å². The number of hydrogen-bond donors (Lipinski definition) is 0. The van der Waals surface area contributed by atoms with Crippen molar-refractivity contribution in [1.29, 1.82) is 0 Å². The Morgan fingerprint density at radius 3 is 1.92 bits per heavy atom. The van der Waals surface area contributed by atoms with Gasteiger partial charge in [-0.15, -0.1) is 0 Å². The van der Waals surface area contributed by atoms with E-state index in [2.05, 4.69) is 19.1 Å². The lowest BCUT2D eigenvalue weighted by molar-refractivity contribution is 0.0386. The highest BCUT2D eigenvalue weighted by atomic mass is 16.5. The zero-order valence-electron chi connectivity index (χ0n) is 13.5. The second kappa shape index (κ2) is 5.97. The minimum absolute atomic E-state index is 0.283. The molecule has 0 unspecified atom stereocenters. The van der Waals surface area contributed by atoms with Gasteiger partial charge >= 0.3 is 5.97 Å². The Balaban J connectivity index is 1.67. The SMILES string of the molecule is CCc1ccc(C(=O)OC2c3ccccc3-c3ccccc32)cc1. The number of hydrogen-bond acceptors (Lipinski definition) is 2. The van der Waals surface area contributed by atoms with Crippen LogP contribution in [0.2, 0.25) is 0 Å². The first-order valence-corrected chi connectivity index (χ1v) is 8.26. The summed E-state index contributed by atoms with van der Waals surface area (Å²) in [4.78, 5) is 12.6. The Morgan fingerprint density at radius 2 is 1.38 bits per heavy atom. The van der Waals surface area contributed by atoms with Crippen LogP contribution in [0.15, 0.2) is 72.8 Å². The molecule has 2 nitrogen and oxygen atoms in total. The molecule has 0 saturated heterocycles. The molecular formula is C22H18O2. The molecule has 1 aliphatic rings. The van der Waals surface area contributed by atoms with Crippen LogP contribution in [0, 0.1) is 0 Å². The van der Waals surface area contributed by atoms with Crippen LogP contribution in [-0.2, 0) is 11.2 Å². The van der Waals surface area contributed by atoms with Gasteiger partial charge < -0.3 is 4.74 Å². The van der Waals surface area contributed by atoms with Gasteiger partial charge in [-0.05, 0) is 35.2 Å². The Kier molecular flexibility index (Phi) is 3.66. The quantitative estimate of drug-likeness (QED) is 0.623. The van der Waals surface area contributed by atoms with Gasteiger partial charge in [-0.2, -0.15) is 0 Å². The third-order valence-electron chi connectivity index (χ3n) is 4.60. The standard InChI is InChI=1S/C22H18O2/c1-2-15-11-13-16(14-12-15)22(23)24-21-19-9-5-3-7-17(19)18-8-4-6-10-20(18)21/h3-14,21H,2H2,1H3. The molecule has 3 aromatic carbocycles. The topological polar surface area (TPSA) is 26.3 Å². The van der Waals surface area contributed by atoms with E-state index in [9.17, 15) is 4.79 Å². The fourth-order valence-corrected chi connectivity index (χ4v) is 3.29. The summed E-state index contributed by atoms with van der Waals surface area (Å²) in [5, 5.41) is 0. The average molecular weight is 314 g/mol. The molecule has 4 rings (SSSR count). The predicted molar refractivity (Wildman–Crippen MR) is 95.0 cm³/mol. The van der Waals surface area contributed by atoms with Gasteiger partial charge in [0.25, 0.3) is 0 Å². The van der Waals surface area contributed by atoms with E-state index in [-0.39, 0.29) is 12.1 Å². The molecular weight excluding hydrogens is 296 g/mol. The highest BCUT2D eigenvalue weighted by Crippen LogP contribution is 2.45. The second-order valence-electron chi connectivity index (χ2n) is 6.01. The molecule has 0 saturated carbocycles. The first-order valence-electron chi connectivity index (χ1n) is 8.26.